The van der Waals surface area contributed by atoms with Crippen molar-refractivity contribution in [2.45, 2.75) is 50.6 Å². The summed E-state index contributed by atoms with van der Waals surface area (Å²) in [7, 11) is 0. The fourth-order valence-electron chi connectivity index (χ4n) is 4.28. The number of aliphatic hydroxyl groups excluding tert-OH is 1. The number of nitrogens with zero attached hydrogens (tertiary/aromatic N) is 1. The Kier molecular flexibility index (Phi) is 8.23. The van der Waals surface area contributed by atoms with Gasteiger partial charge in [0.2, 0.25) is 12.7 Å². The van der Waals surface area contributed by atoms with Crippen molar-refractivity contribution in [3.05, 3.63) is 71.5 Å². The molecule has 3 N–H and O–H groups in total. The van der Waals surface area contributed by atoms with Crippen LogP contribution < -0.4 is 20.1 Å². The van der Waals surface area contributed by atoms with E-state index < -0.39 is 17.3 Å². The number of carbonyl (C=O) groups is 1. The lowest BCUT2D eigenvalue weighted by atomic mass is 9.94. The average molecular weight is 514 g/mol. The largest absolute Gasteiger partial charge is 0.454 e. The molecule has 36 heavy (non-hydrogen) atoms. The lowest BCUT2D eigenvalue weighted by Gasteiger charge is -2.24. The minimum Gasteiger partial charge on any atom is -0.454 e. The van der Waals surface area contributed by atoms with E-state index in [2.05, 4.69) is 22.2 Å². The average Bonchev–Trinajstić information content (AvgIpc) is 3.32. The molecule has 1 unspecified atom stereocenters. The summed E-state index contributed by atoms with van der Waals surface area (Å²) in [5, 5.41) is 16.4. The molecular formula is C27H32FN3O4S. The van der Waals surface area contributed by atoms with Crippen molar-refractivity contribution in [2.24, 2.45) is 5.92 Å². The Bertz CT molecular complexity index is 1160. The molecule has 1 aliphatic carbocycles. The Morgan fingerprint density at radius 2 is 2.08 bits per heavy atom. The number of benzene rings is 1. The van der Waals surface area contributed by atoms with E-state index >= 15 is 4.39 Å². The Hall–Kier alpha value is -3.01. The molecule has 2 aliphatic rings. The van der Waals surface area contributed by atoms with Gasteiger partial charge in [0, 0.05) is 12.2 Å². The van der Waals surface area contributed by atoms with Crippen LogP contribution in [0.1, 0.15) is 49.6 Å². The van der Waals surface area contributed by atoms with Crippen LogP contribution in [0.3, 0.4) is 0 Å². The van der Waals surface area contributed by atoms with E-state index in [1.54, 1.807) is 24.4 Å². The number of amides is 1. The molecule has 2 atom stereocenters. The van der Waals surface area contributed by atoms with Crippen LogP contribution in [0.25, 0.3) is 0 Å². The number of aromatic nitrogens is 1. The number of aliphatic hydroxyl groups is 1. The molecule has 0 saturated heterocycles. The lowest BCUT2D eigenvalue weighted by Crippen LogP contribution is -2.36. The van der Waals surface area contributed by atoms with Crippen LogP contribution >= 0.6 is 11.3 Å². The summed E-state index contributed by atoms with van der Waals surface area (Å²) < 4.78 is 26.1. The highest BCUT2D eigenvalue weighted by Crippen LogP contribution is 2.51. The van der Waals surface area contributed by atoms with Crippen molar-refractivity contribution >= 4 is 22.4 Å². The monoisotopic (exact) mass is 513 g/mol. The summed E-state index contributed by atoms with van der Waals surface area (Å²) >= 11 is 1.21. The van der Waals surface area contributed by atoms with Crippen LogP contribution in [-0.4, -0.2) is 35.4 Å². The van der Waals surface area contributed by atoms with E-state index in [0.29, 0.717) is 33.8 Å². The molecule has 1 fully saturated rings. The highest BCUT2D eigenvalue weighted by Gasteiger charge is 2.52. The standard InChI is InChI=1S/C27H32FN3O4S/c1-4-5-6-7-20(28)24(30-19(15-32)12-17(2)3)23-14-29-26(36-23)31-25(33)27(10-11-27)18-8-9-21-22(13-18)35-16-34-21/h4-9,13-14,17,19,24,30,32H,1,10-12,15-16H2,2-3H3,(H,29,31,33)/b6-5-,20-7+/t19-,24?/m1/s1. The number of anilines is 1. The maximum Gasteiger partial charge on any atom is 0.236 e. The van der Waals surface area contributed by atoms with Gasteiger partial charge in [-0.05, 0) is 49.0 Å². The third-order valence-electron chi connectivity index (χ3n) is 6.30. The van der Waals surface area contributed by atoms with Crippen molar-refractivity contribution in [3.63, 3.8) is 0 Å². The molecule has 1 aromatic carbocycles. The number of nitrogens with one attached hydrogen (secondary N) is 2. The first-order valence-corrected chi connectivity index (χ1v) is 12.9. The van der Waals surface area contributed by atoms with Crippen LogP contribution in [0.4, 0.5) is 9.52 Å². The Labute approximate surface area is 214 Å². The predicted octanol–water partition coefficient (Wildman–Crippen LogP) is 5.18. The second-order valence-electron chi connectivity index (χ2n) is 9.45. The van der Waals surface area contributed by atoms with E-state index in [4.69, 9.17) is 9.47 Å². The van der Waals surface area contributed by atoms with E-state index in [1.807, 2.05) is 32.0 Å². The van der Waals surface area contributed by atoms with Gasteiger partial charge in [-0.2, -0.15) is 0 Å². The maximum atomic E-state index is 15.2. The smallest absolute Gasteiger partial charge is 0.236 e. The first-order chi connectivity index (χ1) is 17.4. The Morgan fingerprint density at radius 3 is 2.78 bits per heavy atom. The minimum atomic E-state index is -0.803. The van der Waals surface area contributed by atoms with Crippen LogP contribution in [0.15, 0.2) is 61.1 Å². The molecule has 0 spiro atoms. The Balaban J connectivity index is 1.51. The summed E-state index contributed by atoms with van der Waals surface area (Å²) in [5.74, 6) is 1.07. The molecule has 4 rings (SSSR count). The molecular weight excluding hydrogens is 481 g/mol. The van der Waals surface area contributed by atoms with Gasteiger partial charge in [-0.3, -0.25) is 10.1 Å². The summed E-state index contributed by atoms with van der Waals surface area (Å²) in [6.45, 7) is 7.76. The fraction of sp³-hybridized carbons (Fsp3) is 0.407. The molecule has 2 heterocycles. The molecule has 2 aromatic rings. The van der Waals surface area contributed by atoms with Crippen LogP contribution in [-0.2, 0) is 10.2 Å². The summed E-state index contributed by atoms with van der Waals surface area (Å²) in [6.07, 6.45) is 9.82. The van der Waals surface area contributed by atoms with Gasteiger partial charge < -0.3 is 19.9 Å². The topological polar surface area (TPSA) is 92.7 Å². The van der Waals surface area contributed by atoms with Crippen LogP contribution in [0.2, 0.25) is 0 Å². The first-order valence-electron chi connectivity index (χ1n) is 12.0. The number of hydrogen-bond donors (Lipinski definition) is 3. The molecule has 0 radical (unpaired) electrons. The molecule has 9 heteroatoms. The number of hydrogen-bond acceptors (Lipinski definition) is 7. The summed E-state index contributed by atoms with van der Waals surface area (Å²) in [4.78, 5) is 18.2. The van der Waals surface area contributed by atoms with Crippen molar-refractivity contribution in [2.75, 3.05) is 18.7 Å². The maximum absolute atomic E-state index is 15.2. The van der Waals surface area contributed by atoms with Gasteiger partial charge in [0.25, 0.3) is 0 Å². The zero-order chi connectivity index (χ0) is 25.7. The summed E-state index contributed by atoms with van der Waals surface area (Å²) in [6, 6.07) is 4.49. The quantitative estimate of drug-likeness (QED) is 0.339. The van der Waals surface area contributed by atoms with Gasteiger partial charge >= 0.3 is 0 Å². The normalized spacial score (nSPS) is 17.9. The molecule has 0 bridgehead atoms. The summed E-state index contributed by atoms with van der Waals surface area (Å²) in [5.41, 5.74) is 0.243. The highest BCUT2D eigenvalue weighted by atomic mass is 32.1. The van der Waals surface area contributed by atoms with E-state index in [1.165, 1.54) is 17.4 Å². The number of ether oxygens (including phenoxy) is 2. The zero-order valence-electron chi connectivity index (χ0n) is 20.5. The van der Waals surface area contributed by atoms with Gasteiger partial charge in [0.05, 0.1) is 22.9 Å². The van der Waals surface area contributed by atoms with Gasteiger partial charge in [-0.25, -0.2) is 9.37 Å². The molecule has 1 aromatic heterocycles. The second-order valence-corrected chi connectivity index (χ2v) is 10.5. The van der Waals surface area contributed by atoms with Crippen molar-refractivity contribution in [1.29, 1.82) is 0 Å². The van der Waals surface area contributed by atoms with Crippen molar-refractivity contribution < 1.29 is 23.8 Å². The number of rotatable bonds is 12. The second kappa shape index (κ2) is 11.4. The first kappa shape index (κ1) is 26.1. The fourth-order valence-corrected chi connectivity index (χ4v) is 5.16. The van der Waals surface area contributed by atoms with E-state index in [-0.39, 0.29) is 25.3 Å². The molecule has 1 aliphatic heterocycles. The third-order valence-corrected chi connectivity index (χ3v) is 7.27. The van der Waals surface area contributed by atoms with Crippen molar-refractivity contribution in [1.82, 2.24) is 10.3 Å². The SMILES string of the molecule is C=C/C=C\C=C(\F)C(N[C@@H](CO)CC(C)C)c1cnc(NC(=O)C2(c3ccc4c(c3)OCO4)CC2)s1. The third kappa shape index (κ3) is 5.86. The predicted molar refractivity (Wildman–Crippen MR) is 139 cm³/mol. The molecule has 7 nitrogen and oxygen atoms in total. The minimum absolute atomic E-state index is 0.120. The van der Waals surface area contributed by atoms with Crippen LogP contribution in [0, 0.1) is 5.92 Å². The number of halogens is 1. The molecule has 1 amide bonds. The number of fused-ring (bicyclic) bond motifs is 1. The van der Waals surface area contributed by atoms with Gasteiger partial charge in [-0.1, -0.05) is 56.1 Å². The number of thiazole rings is 1. The van der Waals surface area contributed by atoms with Gasteiger partial charge in [0.1, 0.15) is 5.83 Å². The zero-order valence-corrected chi connectivity index (χ0v) is 21.3. The van der Waals surface area contributed by atoms with Crippen LogP contribution in [0.5, 0.6) is 11.5 Å². The number of allylic oxidation sites excluding steroid dienone is 4. The molecule has 192 valence electrons. The number of carbonyl (C=O) groups excluding carboxylic acids is 1. The molecule has 1 saturated carbocycles. The highest BCUT2D eigenvalue weighted by molar-refractivity contribution is 7.15. The van der Waals surface area contributed by atoms with Gasteiger partial charge in [-0.15, -0.1) is 0 Å². The van der Waals surface area contributed by atoms with E-state index in [9.17, 15) is 9.90 Å². The van der Waals surface area contributed by atoms with E-state index in [0.717, 1.165) is 18.4 Å². The Morgan fingerprint density at radius 1 is 1.31 bits per heavy atom. The van der Waals surface area contributed by atoms with Crippen molar-refractivity contribution in [3.8, 4) is 11.5 Å². The van der Waals surface area contributed by atoms with Gasteiger partial charge in [0.15, 0.2) is 16.6 Å². The lowest BCUT2D eigenvalue weighted by molar-refractivity contribution is -0.118.